The van der Waals surface area contributed by atoms with Gasteiger partial charge in [0.1, 0.15) is 11.5 Å². The molecule has 2 atom stereocenters. The third-order valence-electron chi connectivity index (χ3n) is 4.98. The molecule has 0 fully saturated rings. The number of methoxy groups -OCH3 is 1. The molecule has 1 amide bonds. The highest BCUT2D eigenvalue weighted by atomic mass is 35.5. The van der Waals surface area contributed by atoms with Crippen molar-refractivity contribution >= 4 is 33.4 Å². The fraction of sp³-hybridized carbons (Fsp3) is 0.391. The zero-order chi connectivity index (χ0) is 30.0. The Labute approximate surface area is 219 Å². The number of alkyl carbamates (subject to hydrolysis) is 1. The molecule has 0 aliphatic heterocycles. The lowest BCUT2D eigenvalue weighted by Gasteiger charge is -2.12. The van der Waals surface area contributed by atoms with Gasteiger partial charge in [-0.05, 0) is 45.3 Å². The fourth-order valence-corrected chi connectivity index (χ4v) is 4.08. The molecule has 0 saturated carbocycles. The number of amides is 1. The monoisotopic (exact) mass is 542 g/mol. The number of nitrogens with one attached hydrogen (secondary N) is 2. The summed E-state index contributed by atoms with van der Waals surface area (Å²) in [6.07, 6.45) is 3.76. The minimum atomic E-state index is -3.88. The van der Waals surface area contributed by atoms with Gasteiger partial charge in [0.25, 0.3) is 0 Å². The fourth-order valence-electron chi connectivity index (χ4n) is 3.32. The van der Waals surface area contributed by atoms with E-state index in [1.807, 2.05) is 0 Å². The van der Waals surface area contributed by atoms with Gasteiger partial charge in [-0.2, -0.15) is 5.10 Å². The van der Waals surface area contributed by atoms with Crippen molar-refractivity contribution in [2.75, 3.05) is 18.1 Å². The Bertz CT molecular complexity index is 1520. The number of hydrogen-bond donors (Lipinski definition) is 2. The van der Waals surface area contributed by atoms with Crippen LogP contribution in [0.4, 0.5) is 14.9 Å². The molecule has 2 N–H and O–H groups in total. The van der Waals surface area contributed by atoms with Crippen LogP contribution in [0.1, 0.15) is 44.4 Å². The topological polar surface area (TPSA) is 128 Å². The number of aryl methyl sites for hydroxylation is 1. The Hall–Kier alpha value is -3.25. The molecule has 1 unspecified atom stereocenters. The molecule has 3 aromatic rings. The summed E-state index contributed by atoms with van der Waals surface area (Å²) in [6.45, 7) is 0.0898. The number of halogens is 2. The van der Waals surface area contributed by atoms with Crippen LogP contribution < -0.4 is 10.0 Å². The highest BCUT2D eigenvalue weighted by Crippen LogP contribution is 2.37. The van der Waals surface area contributed by atoms with Gasteiger partial charge in [0.05, 0.1) is 26.1 Å². The molecule has 2 aromatic heterocycles. The average Bonchev–Trinajstić information content (AvgIpc) is 3.29. The first kappa shape index (κ1) is 22.0. The molecular weight excluding hydrogens is 511 g/mol. The van der Waals surface area contributed by atoms with Gasteiger partial charge in [0.15, 0.2) is 5.82 Å². The number of aromatic nitrogens is 4. The van der Waals surface area contributed by atoms with Crippen molar-refractivity contribution in [2.45, 2.75) is 45.6 Å². The number of sulfonamides is 1. The highest BCUT2D eigenvalue weighted by molar-refractivity contribution is 7.92. The SMILES string of the molecule is [2H]C([2H])([2H])C([2H])(C)n1cc(-c2ccnc(CC[C@H](C)NC(=O)OC)n2)c(-c2cc(Cl)cc(NS(C)(=O)=O)c2F)n1. The Balaban J connectivity index is 2.15. The molecule has 3 rings (SSSR count). The summed E-state index contributed by atoms with van der Waals surface area (Å²) in [4.78, 5) is 20.2. The normalized spacial score (nSPS) is 16.1. The summed E-state index contributed by atoms with van der Waals surface area (Å²) in [5, 5.41) is 6.86. The summed E-state index contributed by atoms with van der Waals surface area (Å²) in [5.41, 5.74) is -0.420. The lowest BCUT2D eigenvalue weighted by atomic mass is 10.0. The van der Waals surface area contributed by atoms with Crippen LogP contribution in [0, 0.1) is 5.82 Å². The Morgan fingerprint density at radius 3 is 2.78 bits per heavy atom. The molecule has 0 spiro atoms. The molecule has 36 heavy (non-hydrogen) atoms. The number of anilines is 1. The van der Waals surface area contributed by atoms with E-state index in [1.54, 1.807) is 6.92 Å². The van der Waals surface area contributed by atoms with Crippen LogP contribution in [0.5, 0.6) is 0 Å². The molecule has 13 heteroatoms. The first-order valence-electron chi connectivity index (χ1n) is 12.7. The number of rotatable bonds is 9. The summed E-state index contributed by atoms with van der Waals surface area (Å²) >= 11 is 6.18. The van der Waals surface area contributed by atoms with Gasteiger partial charge in [0.2, 0.25) is 10.0 Å². The maximum atomic E-state index is 15.7. The molecule has 2 heterocycles. The van der Waals surface area contributed by atoms with Crippen molar-refractivity contribution in [1.29, 1.82) is 0 Å². The minimum Gasteiger partial charge on any atom is -0.453 e. The number of carbonyl (C=O) groups excluding carboxylic acids is 1. The van der Waals surface area contributed by atoms with E-state index >= 15 is 4.39 Å². The first-order valence-corrected chi connectivity index (χ1v) is 12.9. The van der Waals surface area contributed by atoms with E-state index in [4.69, 9.17) is 17.1 Å². The predicted molar refractivity (Wildman–Crippen MR) is 136 cm³/mol. The second kappa shape index (κ2) is 11.2. The molecule has 0 bridgehead atoms. The van der Waals surface area contributed by atoms with Crippen molar-refractivity contribution < 1.29 is 27.8 Å². The summed E-state index contributed by atoms with van der Waals surface area (Å²) < 4.78 is 78.7. The van der Waals surface area contributed by atoms with Crippen molar-refractivity contribution in [1.82, 2.24) is 25.1 Å². The smallest absolute Gasteiger partial charge is 0.407 e. The van der Waals surface area contributed by atoms with E-state index in [-0.39, 0.29) is 33.6 Å². The number of ether oxygens (including phenoxy) is 1. The van der Waals surface area contributed by atoms with Gasteiger partial charge < -0.3 is 10.1 Å². The van der Waals surface area contributed by atoms with Crippen LogP contribution in [-0.4, -0.2) is 53.7 Å². The average molecular weight is 543 g/mol. The molecule has 1 aromatic carbocycles. The molecule has 0 aliphatic rings. The summed E-state index contributed by atoms with van der Waals surface area (Å²) in [6, 6.07) is 1.27. The molecule has 0 aliphatic carbocycles. The minimum absolute atomic E-state index is 0.0250. The molecule has 10 nitrogen and oxygen atoms in total. The van der Waals surface area contributed by atoms with E-state index in [0.717, 1.165) is 23.9 Å². The zero-order valence-electron chi connectivity index (χ0n) is 24.0. The highest BCUT2D eigenvalue weighted by Gasteiger charge is 2.22. The maximum absolute atomic E-state index is 15.7. The third-order valence-corrected chi connectivity index (χ3v) is 5.79. The second-order valence-corrected chi connectivity index (χ2v) is 10.2. The van der Waals surface area contributed by atoms with Gasteiger partial charge in [-0.15, -0.1) is 0 Å². The molecule has 0 saturated heterocycles. The van der Waals surface area contributed by atoms with Crippen LogP contribution >= 0.6 is 11.6 Å². The number of carbonyl (C=O) groups is 1. The first-order chi connectivity index (χ1) is 18.4. The van der Waals surface area contributed by atoms with Crippen molar-refractivity contribution in [3.05, 3.63) is 47.3 Å². The van der Waals surface area contributed by atoms with Crippen LogP contribution in [0.3, 0.4) is 0 Å². The van der Waals surface area contributed by atoms with Crippen molar-refractivity contribution in [3.63, 3.8) is 0 Å². The number of nitrogens with zero attached hydrogens (tertiary/aromatic N) is 4. The maximum Gasteiger partial charge on any atom is 0.407 e. The summed E-state index contributed by atoms with van der Waals surface area (Å²) in [7, 11) is -2.62. The Morgan fingerprint density at radius 1 is 1.36 bits per heavy atom. The van der Waals surface area contributed by atoms with Gasteiger partial charge in [0, 0.05) is 51.1 Å². The van der Waals surface area contributed by atoms with Gasteiger partial charge in [-0.3, -0.25) is 9.40 Å². The Kier molecular flexibility index (Phi) is 6.85. The summed E-state index contributed by atoms with van der Waals surface area (Å²) in [5.74, 6) is -0.649. The van der Waals surface area contributed by atoms with Crippen LogP contribution in [-0.2, 0) is 21.2 Å². The standard InChI is InChI=1S/C23H28ClFN6O4S/c1-13(2)31-12-17(18-8-9-26-20(28-18)7-6-14(3)27-23(32)35-4)22(29-31)16-10-15(24)11-19(21(16)25)30-36(5,33)34/h8-14,30H,6-7H2,1-5H3,(H,27,32)/t14-/m0/s1/i1D3,13D/t13?,14-. The van der Waals surface area contributed by atoms with Crippen molar-refractivity contribution in [2.24, 2.45) is 0 Å². The van der Waals surface area contributed by atoms with Crippen LogP contribution in [0.25, 0.3) is 22.5 Å². The van der Waals surface area contributed by atoms with E-state index < -0.39 is 40.5 Å². The predicted octanol–water partition coefficient (Wildman–Crippen LogP) is 4.43. The van der Waals surface area contributed by atoms with E-state index in [9.17, 15) is 13.2 Å². The van der Waals surface area contributed by atoms with E-state index in [0.29, 0.717) is 18.7 Å². The largest absolute Gasteiger partial charge is 0.453 e. The van der Waals surface area contributed by atoms with E-state index in [2.05, 4.69) is 29.8 Å². The van der Waals surface area contributed by atoms with Crippen molar-refractivity contribution in [3.8, 4) is 22.5 Å². The number of hydrogen-bond acceptors (Lipinski definition) is 7. The van der Waals surface area contributed by atoms with Gasteiger partial charge in [-0.25, -0.2) is 27.6 Å². The molecular formula is C23H28ClFN6O4S. The van der Waals surface area contributed by atoms with Crippen LogP contribution in [0.15, 0.2) is 30.6 Å². The molecule has 194 valence electrons. The van der Waals surface area contributed by atoms with Crippen LogP contribution in [0.2, 0.25) is 5.02 Å². The van der Waals surface area contributed by atoms with Gasteiger partial charge in [-0.1, -0.05) is 11.6 Å². The zero-order valence-corrected chi connectivity index (χ0v) is 21.5. The van der Waals surface area contributed by atoms with Gasteiger partial charge >= 0.3 is 6.09 Å². The third kappa shape index (κ3) is 6.91. The molecule has 0 radical (unpaired) electrons. The Morgan fingerprint density at radius 2 is 2.11 bits per heavy atom. The van der Waals surface area contributed by atoms with E-state index in [1.165, 1.54) is 31.6 Å². The lowest BCUT2D eigenvalue weighted by Crippen LogP contribution is -2.32. The quantitative estimate of drug-likeness (QED) is 0.409. The lowest BCUT2D eigenvalue weighted by molar-refractivity contribution is 0.167. The number of benzene rings is 1. The second-order valence-electron chi connectivity index (χ2n) is 8.04.